The van der Waals surface area contributed by atoms with Crippen molar-refractivity contribution in [1.29, 1.82) is 0 Å². The molecule has 0 bridgehead atoms. The fourth-order valence-electron chi connectivity index (χ4n) is 3.50. The van der Waals surface area contributed by atoms with Gasteiger partial charge in [-0.25, -0.2) is 4.79 Å². The van der Waals surface area contributed by atoms with Crippen LogP contribution in [-0.4, -0.2) is 88.1 Å². The number of aliphatic hydroxyl groups is 1. The topological polar surface area (TPSA) is 191 Å². The van der Waals surface area contributed by atoms with E-state index in [0.717, 1.165) is 0 Å². The highest BCUT2D eigenvalue weighted by Crippen LogP contribution is 2.20. The molecule has 5 atom stereocenters. The number of carboxylic acids is 1. The van der Waals surface area contributed by atoms with Crippen molar-refractivity contribution >= 4 is 29.6 Å². The molecule has 0 aromatic rings. The third kappa shape index (κ3) is 7.67. The van der Waals surface area contributed by atoms with Crippen LogP contribution in [0.15, 0.2) is 0 Å². The molecule has 12 heteroatoms. The van der Waals surface area contributed by atoms with Gasteiger partial charge >= 0.3 is 5.97 Å². The van der Waals surface area contributed by atoms with Crippen LogP contribution in [0.1, 0.15) is 47.5 Å². The van der Waals surface area contributed by atoms with Crippen molar-refractivity contribution in [3.8, 4) is 0 Å². The molecule has 0 spiro atoms. The molecule has 0 aliphatic carbocycles. The van der Waals surface area contributed by atoms with E-state index in [9.17, 15) is 29.1 Å². The Kier molecular flexibility index (Phi) is 10.7. The number of nitrogens with one attached hydrogen (secondary N) is 3. The number of carbonyl (C=O) groups excluding carboxylic acids is 4. The number of likely N-dealkylation sites (tertiary alicyclic amines) is 1. The zero-order valence-electron chi connectivity index (χ0n) is 19.8. The number of carboxylic acid groups (broad SMARTS) is 1. The first-order valence-corrected chi connectivity index (χ1v) is 11.1. The lowest BCUT2D eigenvalue weighted by atomic mass is 10.0. The van der Waals surface area contributed by atoms with E-state index < -0.39 is 66.4 Å². The van der Waals surface area contributed by atoms with Crippen LogP contribution in [-0.2, 0) is 24.0 Å². The molecule has 0 aromatic heterocycles. The van der Waals surface area contributed by atoms with Gasteiger partial charge in [-0.15, -0.1) is 0 Å². The Bertz CT molecular complexity index is 743. The molecule has 0 radical (unpaired) electrons. The Balaban J connectivity index is 2.84. The van der Waals surface area contributed by atoms with E-state index in [0.29, 0.717) is 19.4 Å². The molecule has 4 amide bonds. The summed E-state index contributed by atoms with van der Waals surface area (Å²) in [5.74, 6) is -4.16. The van der Waals surface area contributed by atoms with E-state index in [1.807, 2.05) is 0 Å². The number of nitrogens with two attached hydrogens (primary N) is 1. The molecule has 1 aliphatic heterocycles. The third-order valence-corrected chi connectivity index (χ3v) is 5.58. The van der Waals surface area contributed by atoms with Crippen LogP contribution in [0.2, 0.25) is 0 Å². The summed E-state index contributed by atoms with van der Waals surface area (Å²) in [7, 11) is 0. The van der Waals surface area contributed by atoms with Gasteiger partial charge < -0.3 is 36.8 Å². The highest BCUT2D eigenvalue weighted by molar-refractivity contribution is 5.95. The van der Waals surface area contributed by atoms with Gasteiger partial charge in [0.2, 0.25) is 23.6 Å². The van der Waals surface area contributed by atoms with Crippen molar-refractivity contribution in [2.24, 2.45) is 17.6 Å². The Hall–Kier alpha value is -2.73. The zero-order chi connectivity index (χ0) is 25.5. The molecular weight excluding hydrogens is 434 g/mol. The first-order valence-electron chi connectivity index (χ1n) is 11.1. The molecule has 33 heavy (non-hydrogen) atoms. The Morgan fingerprint density at radius 3 is 1.94 bits per heavy atom. The van der Waals surface area contributed by atoms with Gasteiger partial charge in [0.05, 0.1) is 6.61 Å². The van der Waals surface area contributed by atoms with E-state index in [2.05, 4.69) is 16.0 Å². The minimum Gasteiger partial charge on any atom is -0.480 e. The summed E-state index contributed by atoms with van der Waals surface area (Å²) in [5.41, 5.74) is 5.48. The van der Waals surface area contributed by atoms with Gasteiger partial charge in [0, 0.05) is 6.54 Å². The third-order valence-electron chi connectivity index (χ3n) is 5.58. The first kappa shape index (κ1) is 28.3. The highest BCUT2D eigenvalue weighted by Gasteiger charge is 2.39. The number of hydrogen-bond acceptors (Lipinski definition) is 7. The molecule has 1 heterocycles. The average molecular weight is 472 g/mol. The van der Waals surface area contributed by atoms with Crippen molar-refractivity contribution in [2.45, 2.75) is 77.7 Å². The minimum absolute atomic E-state index is 0.299. The van der Waals surface area contributed by atoms with Gasteiger partial charge in [-0.3, -0.25) is 19.2 Å². The summed E-state index contributed by atoms with van der Waals surface area (Å²) in [6.07, 6.45) is 0.921. The molecule has 1 saturated heterocycles. The highest BCUT2D eigenvalue weighted by atomic mass is 16.4. The van der Waals surface area contributed by atoms with Gasteiger partial charge in [0.15, 0.2) is 0 Å². The number of carbonyl (C=O) groups is 5. The number of nitrogens with zero attached hydrogens (tertiary/aromatic N) is 1. The molecule has 0 saturated carbocycles. The number of rotatable bonds is 11. The second-order valence-electron chi connectivity index (χ2n) is 9.01. The molecule has 1 aliphatic rings. The van der Waals surface area contributed by atoms with Crippen molar-refractivity contribution in [3.63, 3.8) is 0 Å². The Morgan fingerprint density at radius 1 is 0.909 bits per heavy atom. The number of amides is 4. The van der Waals surface area contributed by atoms with Crippen molar-refractivity contribution in [2.75, 3.05) is 13.2 Å². The van der Waals surface area contributed by atoms with Crippen molar-refractivity contribution in [3.05, 3.63) is 0 Å². The zero-order valence-corrected chi connectivity index (χ0v) is 19.8. The molecule has 7 N–H and O–H groups in total. The lowest BCUT2D eigenvalue weighted by Gasteiger charge is -2.30. The maximum Gasteiger partial charge on any atom is 0.326 e. The normalized spacial score (nSPS) is 19.5. The first-order chi connectivity index (χ1) is 15.3. The lowest BCUT2D eigenvalue weighted by Crippen LogP contribution is -2.59. The summed E-state index contributed by atoms with van der Waals surface area (Å²) < 4.78 is 0. The molecule has 12 nitrogen and oxygen atoms in total. The number of hydrogen-bond donors (Lipinski definition) is 6. The monoisotopic (exact) mass is 471 g/mol. The van der Waals surface area contributed by atoms with E-state index in [-0.39, 0.29) is 11.8 Å². The van der Waals surface area contributed by atoms with Gasteiger partial charge in [-0.1, -0.05) is 27.7 Å². The fourth-order valence-corrected chi connectivity index (χ4v) is 3.50. The van der Waals surface area contributed by atoms with E-state index >= 15 is 0 Å². The fraction of sp³-hybridized carbons (Fsp3) is 0.762. The quantitative estimate of drug-likeness (QED) is 0.203. The Labute approximate surface area is 193 Å². The largest absolute Gasteiger partial charge is 0.480 e. The van der Waals surface area contributed by atoms with Crippen LogP contribution in [0, 0.1) is 11.8 Å². The summed E-state index contributed by atoms with van der Waals surface area (Å²) in [5, 5.41) is 25.9. The van der Waals surface area contributed by atoms with Gasteiger partial charge in [0.1, 0.15) is 30.2 Å². The molecule has 1 rings (SSSR count). The Morgan fingerprint density at radius 2 is 1.45 bits per heavy atom. The second kappa shape index (κ2) is 12.5. The maximum absolute atomic E-state index is 13.0. The van der Waals surface area contributed by atoms with Crippen LogP contribution >= 0.6 is 0 Å². The molecule has 188 valence electrons. The van der Waals surface area contributed by atoms with Crippen LogP contribution in [0.4, 0.5) is 0 Å². The lowest BCUT2D eigenvalue weighted by molar-refractivity contribution is -0.150. The summed E-state index contributed by atoms with van der Waals surface area (Å²) in [4.78, 5) is 63.1. The SMILES string of the molecule is CC(C)[C@H](NC(=O)[C@@H](N)CO)C(=O)N[C@@H](C)C(=O)N[C@H](C(=O)N1CCC[C@H]1C(=O)O)C(C)C. The van der Waals surface area contributed by atoms with E-state index in [1.54, 1.807) is 27.7 Å². The van der Waals surface area contributed by atoms with E-state index in [1.165, 1.54) is 11.8 Å². The van der Waals surface area contributed by atoms with Crippen LogP contribution < -0.4 is 21.7 Å². The van der Waals surface area contributed by atoms with Crippen LogP contribution in [0.5, 0.6) is 0 Å². The maximum atomic E-state index is 13.0. The smallest absolute Gasteiger partial charge is 0.326 e. The van der Waals surface area contributed by atoms with Gasteiger partial charge in [-0.05, 0) is 31.6 Å². The van der Waals surface area contributed by atoms with E-state index in [4.69, 9.17) is 10.8 Å². The van der Waals surface area contributed by atoms with Crippen molar-refractivity contribution < 1.29 is 34.2 Å². The standard InChI is InChI=1S/C21H37N5O7/c1-10(2)15(24-18(29)13(22)9-27)19(30)23-12(5)17(28)25-16(11(3)4)20(31)26-8-6-7-14(26)21(32)33/h10-16,27H,6-9,22H2,1-5H3,(H,23,30)(H,24,29)(H,25,28)(H,32,33)/t12-,13-,14-,15-,16-/m0/s1. The minimum atomic E-state index is -1.18. The second-order valence-corrected chi connectivity index (χ2v) is 9.01. The summed E-state index contributed by atoms with van der Waals surface area (Å²) in [6, 6.07) is -5.09. The molecular formula is C21H37N5O7. The molecule has 1 fully saturated rings. The van der Waals surface area contributed by atoms with Gasteiger partial charge in [0.25, 0.3) is 0 Å². The van der Waals surface area contributed by atoms with Crippen LogP contribution in [0.25, 0.3) is 0 Å². The molecule has 0 aromatic carbocycles. The van der Waals surface area contributed by atoms with Crippen LogP contribution in [0.3, 0.4) is 0 Å². The molecule has 0 unspecified atom stereocenters. The van der Waals surface area contributed by atoms with Gasteiger partial charge in [-0.2, -0.15) is 0 Å². The summed E-state index contributed by atoms with van der Waals surface area (Å²) >= 11 is 0. The predicted molar refractivity (Wildman–Crippen MR) is 119 cm³/mol. The van der Waals surface area contributed by atoms with Crippen molar-refractivity contribution in [1.82, 2.24) is 20.9 Å². The summed E-state index contributed by atoms with van der Waals surface area (Å²) in [6.45, 7) is 8.00. The average Bonchev–Trinajstić information content (AvgIpc) is 3.23. The number of aliphatic hydroxyl groups excluding tert-OH is 1. The predicted octanol–water partition coefficient (Wildman–Crippen LogP) is -1.83. The number of aliphatic carboxylic acids is 1.